The lowest BCUT2D eigenvalue weighted by atomic mass is 9.81. The van der Waals surface area contributed by atoms with E-state index in [1.54, 1.807) is 18.9 Å². The van der Waals surface area contributed by atoms with Gasteiger partial charge in [0.15, 0.2) is 5.78 Å². The van der Waals surface area contributed by atoms with Crippen LogP contribution in [-0.4, -0.2) is 34.8 Å². The normalized spacial score (nSPS) is 22.1. The standard InChI is InChI=1S/C18H20N4O3/c1-10-6-13-16(14(23)7-10)17(22-18(21-13)19-9-20-22)12-5-4-11(24-2)8-15(12)25-3/h4-5,8-10,17H,6-7H2,1-3H3,(H,19,20,21)/t10-,17-/m1/s1. The SMILES string of the molecule is COc1ccc([C@@H]2C3=C(C[C@@H](C)CC3=O)Nc3ncnn32)c(OC)c1. The first-order valence-electron chi connectivity index (χ1n) is 8.27. The first-order chi connectivity index (χ1) is 12.1. The number of hydrogen-bond donors (Lipinski definition) is 1. The molecule has 0 saturated carbocycles. The van der Waals surface area contributed by atoms with Crippen molar-refractivity contribution in [1.82, 2.24) is 14.8 Å². The van der Waals surface area contributed by atoms with Gasteiger partial charge in [-0.25, -0.2) is 4.68 Å². The molecule has 1 aromatic carbocycles. The summed E-state index contributed by atoms with van der Waals surface area (Å²) < 4.78 is 12.6. The van der Waals surface area contributed by atoms with Crippen molar-refractivity contribution in [2.45, 2.75) is 25.8 Å². The Morgan fingerprint density at radius 1 is 1.24 bits per heavy atom. The van der Waals surface area contributed by atoms with Crippen LogP contribution in [0.1, 0.15) is 31.4 Å². The van der Waals surface area contributed by atoms with Crippen LogP contribution in [0.25, 0.3) is 0 Å². The van der Waals surface area contributed by atoms with Crippen LogP contribution in [-0.2, 0) is 4.79 Å². The molecule has 0 amide bonds. The average molecular weight is 340 g/mol. The topological polar surface area (TPSA) is 78.3 Å². The molecule has 2 aromatic rings. The van der Waals surface area contributed by atoms with E-state index in [-0.39, 0.29) is 11.8 Å². The third kappa shape index (κ3) is 2.47. The molecule has 7 nitrogen and oxygen atoms in total. The van der Waals surface area contributed by atoms with Gasteiger partial charge in [0.2, 0.25) is 5.95 Å². The molecule has 0 unspecified atom stereocenters. The second-order valence-electron chi connectivity index (χ2n) is 6.49. The van der Waals surface area contributed by atoms with Crippen LogP contribution in [0.4, 0.5) is 5.95 Å². The first kappa shape index (κ1) is 15.7. The van der Waals surface area contributed by atoms with Crippen molar-refractivity contribution < 1.29 is 14.3 Å². The van der Waals surface area contributed by atoms with Gasteiger partial charge in [-0.3, -0.25) is 4.79 Å². The van der Waals surface area contributed by atoms with Crippen molar-refractivity contribution in [2.24, 2.45) is 5.92 Å². The summed E-state index contributed by atoms with van der Waals surface area (Å²) in [5, 5.41) is 7.63. The number of hydrogen-bond acceptors (Lipinski definition) is 6. The zero-order valence-corrected chi connectivity index (χ0v) is 14.4. The highest BCUT2D eigenvalue weighted by molar-refractivity contribution is 5.99. The number of benzene rings is 1. The molecule has 25 heavy (non-hydrogen) atoms. The van der Waals surface area contributed by atoms with Gasteiger partial charge >= 0.3 is 0 Å². The van der Waals surface area contributed by atoms with E-state index in [9.17, 15) is 4.79 Å². The van der Waals surface area contributed by atoms with E-state index in [2.05, 4.69) is 22.3 Å². The number of allylic oxidation sites excluding steroid dienone is 2. The average Bonchev–Trinajstić information content (AvgIpc) is 3.07. The molecule has 4 rings (SSSR count). The third-order valence-corrected chi connectivity index (χ3v) is 4.80. The summed E-state index contributed by atoms with van der Waals surface area (Å²) in [5.41, 5.74) is 2.55. The van der Waals surface area contributed by atoms with Crippen LogP contribution in [0, 0.1) is 5.92 Å². The van der Waals surface area contributed by atoms with E-state index in [1.807, 2.05) is 18.2 Å². The predicted octanol–water partition coefficient (Wildman–Crippen LogP) is 2.56. The second kappa shape index (κ2) is 5.91. The number of nitrogens with one attached hydrogen (secondary N) is 1. The van der Waals surface area contributed by atoms with Gasteiger partial charge in [-0.15, -0.1) is 0 Å². The fraction of sp³-hybridized carbons (Fsp3) is 0.389. The molecule has 1 aliphatic carbocycles. The number of ketones is 1. The molecular formula is C18H20N4O3. The van der Waals surface area contributed by atoms with Gasteiger partial charge in [0.25, 0.3) is 0 Å². The number of carbonyl (C=O) groups is 1. The number of rotatable bonds is 3. The number of nitrogens with zero attached hydrogens (tertiary/aromatic N) is 3. The number of aromatic nitrogens is 3. The van der Waals surface area contributed by atoms with Crippen LogP contribution in [0.3, 0.4) is 0 Å². The molecule has 7 heteroatoms. The maximum atomic E-state index is 12.9. The first-order valence-corrected chi connectivity index (χ1v) is 8.27. The molecule has 2 aliphatic rings. The molecule has 0 saturated heterocycles. The summed E-state index contributed by atoms with van der Waals surface area (Å²) in [7, 11) is 3.23. The van der Waals surface area contributed by atoms with E-state index in [0.29, 0.717) is 29.8 Å². The minimum atomic E-state index is -0.352. The maximum absolute atomic E-state index is 12.9. The molecule has 1 N–H and O–H groups in total. The lowest BCUT2D eigenvalue weighted by molar-refractivity contribution is -0.117. The van der Waals surface area contributed by atoms with E-state index in [4.69, 9.17) is 9.47 Å². The molecule has 2 atom stereocenters. The molecular weight excluding hydrogens is 320 g/mol. The summed E-state index contributed by atoms with van der Waals surface area (Å²) in [6.07, 6.45) is 2.86. The van der Waals surface area contributed by atoms with Crippen LogP contribution in [0.2, 0.25) is 0 Å². The zero-order chi connectivity index (χ0) is 17.6. The largest absolute Gasteiger partial charge is 0.497 e. The highest BCUT2D eigenvalue weighted by Gasteiger charge is 2.39. The number of anilines is 1. The monoisotopic (exact) mass is 340 g/mol. The Kier molecular flexibility index (Phi) is 3.71. The number of ether oxygens (including phenoxy) is 2. The number of Topliss-reactive ketones (excluding diaryl/α,β-unsaturated/α-hetero) is 1. The lowest BCUT2D eigenvalue weighted by Gasteiger charge is -2.34. The highest BCUT2D eigenvalue weighted by Crippen LogP contribution is 2.44. The molecule has 1 aromatic heterocycles. The fourth-order valence-corrected chi connectivity index (χ4v) is 3.68. The molecule has 130 valence electrons. The molecule has 0 radical (unpaired) electrons. The third-order valence-electron chi connectivity index (χ3n) is 4.80. The van der Waals surface area contributed by atoms with E-state index >= 15 is 0 Å². The van der Waals surface area contributed by atoms with Gasteiger partial charge in [-0.05, 0) is 24.5 Å². The summed E-state index contributed by atoms with van der Waals surface area (Å²) in [4.78, 5) is 17.1. The molecule has 1 aliphatic heterocycles. The zero-order valence-electron chi connectivity index (χ0n) is 14.4. The van der Waals surface area contributed by atoms with Gasteiger partial charge < -0.3 is 14.8 Å². The van der Waals surface area contributed by atoms with Gasteiger partial charge in [-0.2, -0.15) is 10.1 Å². The molecule has 0 spiro atoms. The van der Waals surface area contributed by atoms with Crippen LogP contribution < -0.4 is 14.8 Å². The Morgan fingerprint density at radius 3 is 2.84 bits per heavy atom. The van der Waals surface area contributed by atoms with Crippen molar-refractivity contribution in [3.63, 3.8) is 0 Å². The Balaban J connectivity index is 1.91. The minimum absolute atomic E-state index is 0.144. The van der Waals surface area contributed by atoms with E-state index in [1.165, 1.54) is 6.33 Å². The van der Waals surface area contributed by atoms with Gasteiger partial charge in [0, 0.05) is 29.3 Å². The van der Waals surface area contributed by atoms with Crippen molar-refractivity contribution in [3.8, 4) is 11.5 Å². The summed E-state index contributed by atoms with van der Waals surface area (Å²) in [6.45, 7) is 2.09. The smallest absolute Gasteiger partial charge is 0.226 e. The van der Waals surface area contributed by atoms with Gasteiger partial charge in [0.1, 0.15) is 23.9 Å². The molecule has 0 bridgehead atoms. The lowest BCUT2D eigenvalue weighted by Crippen LogP contribution is -2.33. The highest BCUT2D eigenvalue weighted by atomic mass is 16.5. The van der Waals surface area contributed by atoms with Crippen LogP contribution in [0.5, 0.6) is 11.5 Å². The van der Waals surface area contributed by atoms with Crippen LogP contribution >= 0.6 is 0 Å². The van der Waals surface area contributed by atoms with E-state index < -0.39 is 0 Å². The van der Waals surface area contributed by atoms with E-state index in [0.717, 1.165) is 23.3 Å². The Hall–Kier alpha value is -2.83. The second-order valence-corrected chi connectivity index (χ2v) is 6.49. The predicted molar refractivity (Wildman–Crippen MR) is 91.8 cm³/mol. The van der Waals surface area contributed by atoms with Crippen molar-refractivity contribution in [3.05, 3.63) is 41.4 Å². The molecule has 2 heterocycles. The Bertz CT molecular complexity index is 871. The number of methoxy groups -OCH3 is 2. The van der Waals surface area contributed by atoms with Gasteiger partial charge in [0.05, 0.1) is 14.2 Å². The van der Waals surface area contributed by atoms with Crippen molar-refractivity contribution >= 4 is 11.7 Å². The summed E-state index contributed by atoms with van der Waals surface area (Å²) in [6, 6.07) is 5.26. The van der Waals surface area contributed by atoms with Gasteiger partial charge in [-0.1, -0.05) is 6.92 Å². The van der Waals surface area contributed by atoms with Crippen molar-refractivity contribution in [2.75, 3.05) is 19.5 Å². The maximum Gasteiger partial charge on any atom is 0.226 e. The Labute approximate surface area is 145 Å². The summed E-state index contributed by atoms with van der Waals surface area (Å²) in [5.74, 6) is 2.46. The number of carbonyl (C=O) groups excluding carboxylic acids is 1. The quantitative estimate of drug-likeness (QED) is 0.925. The summed E-state index contributed by atoms with van der Waals surface area (Å²) >= 11 is 0. The minimum Gasteiger partial charge on any atom is -0.497 e. The van der Waals surface area contributed by atoms with Crippen molar-refractivity contribution in [1.29, 1.82) is 0 Å². The van der Waals surface area contributed by atoms with Crippen LogP contribution in [0.15, 0.2) is 35.8 Å². The number of fused-ring (bicyclic) bond motifs is 1. The molecule has 0 fully saturated rings. The Morgan fingerprint density at radius 2 is 2.08 bits per heavy atom. The fourth-order valence-electron chi connectivity index (χ4n) is 3.68.